The second kappa shape index (κ2) is 7.78. The van der Waals surface area contributed by atoms with Gasteiger partial charge in [0.05, 0.1) is 5.02 Å². The van der Waals surface area contributed by atoms with Crippen LogP contribution in [-0.4, -0.2) is 18.6 Å². The summed E-state index contributed by atoms with van der Waals surface area (Å²) in [7, 11) is 0. The molecule has 0 aromatic heterocycles. The van der Waals surface area contributed by atoms with Gasteiger partial charge in [-0.2, -0.15) is 8.78 Å². The topological polar surface area (TPSA) is 47.6 Å². The van der Waals surface area contributed by atoms with Crippen LogP contribution in [0.1, 0.15) is 6.92 Å². The minimum Gasteiger partial charge on any atom is -0.479 e. The van der Waals surface area contributed by atoms with Crippen LogP contribution in [-0.2, 0) is 4.79 Å². The van der Waals surface area contributed by atoms with E-state index in [4.69, 9.17) is 16.3 Å². The van der Waals surface area contributed by atoms with Crippen molar-refractivity contribution in [1.29, 1.82) is 0 Å². The molecule has 1 amide bonds. The van der Waals surface area contributed by atoms with Crippen molar-refractivity contribution in [3.05, 3.63) is 53.6 Å². The third kappa shape index (κ3) is 5.10. The van der Waals surface area contributed by atoms with E-state index in [1.807, 2.05) is 0 Å². The first-order valence-corrected chi connectivity index (χ1v) is 7.10. The predicted molar refractivity (Wildman–Crippen MR) is 83.2 cm³/mol. The number of halogens is 3. The van der Waals surface area contributed by atoms with Crippen molar-refractivity contribution in [2.45, 2.75) is 19.6 Å². The Morgan fingerprint density at radius 3 is 2.35 bits per heavy atom. The number of anilines is 1. The largest absolute Gasteiger partial charge is 0.479 e. The monoisotopic (exact) mass is 341 g/mol. The summed E-state index contributed by atoms with van der Waals surface area (Å²) in [6.07, 6.45) is -0.785. The van der Waals surface area contributed by atoms with E-state index in [-0.39, 0.29) is 5.75 Å². The molecule has 0 aliphatic heterocycles. The molecule has 23 heavy (non-hydrogen) atoms. The third-order valence-corrected chi connectivity index (χ3v) is 3.17. The van der Waals surface area contributed by atoms with E-state index < -0.39 is 18.6 Å². The van der Waals surface area contributed by atoms with Gasteiger partial charge in [0.15, 0.2) is 6.10 Å². The van der Waals surface area contributed by atoms with Crippen LogP contribution < -0.4 is 14.8 Å². The molecule has 1 atom stereocenters. The fraction of sp³-hybridized carbons (Fsp3) is 0.188. The summed E-state index contributed by atoms with van der Waals surface area (Å²) >= 11 is 5.96. The zero-order chi connectivity index (χ0) is 16.8. The number of amides is 1. The van der Waals surface area contributed by atoms with Crippen molar-refractivity contribution in [1.82, 2.24) is 0 Å². The van der Waals surface area contributed by atoms with Gasteiger partial charge in [-0.25, -0.2) is 0 Å². The normalized spacial score (nSPS) is 11.9. The van der Waals surface area contributed by atoms with E-state index in [1.165, 1.54) is 24.3 Å². The summed E-state index contributed by atoms with van der Waals surface area (Å²) in [5, 5.41) is 3.02. The molecule has 0 saturated carbocycles. The maximum atomic E-state index is 12.1. The predicted octanol–water partition coefficient (Wildman–Crippen LogP) is 4.35. The fourth-order valence-corrected chi connectivity index (χ4v) is 1.93. The standard InChI is InChI=1S/C16H14ClF2NO3/c1-10(22-14-5-3-2-4-13(14)17)15(21)20-11-6-8-12(9-7-11)23-16(18)19/h2-10,16H,1H3,(H,20,21). The van der Waals surface area contributed by atoms with E-state index in [0.29, 0.717) is 16.5 Å². The number of hydrogen-bond acceptors (Lipinski definition) is 3. The van der Waals surface area contributed by atoms with E-state index in [0.717, 1.165) is 0 Å². The molecule has 2 aromatic rings. The molecule has 2 aromatic carbocycles. The number of para-hydroxylation sites is 1. The lowest BCUT2D eigenvalue weighted by molar-refractivity contribution is -0.122. The van der Waals surface area contributed by atoms with E-state index >= 15 is 0 Å². The first-order valence-electron chi connectivity index (χ1n) is 6.72. The van der Waals surface area contributed by atoms with Gasteiger partial charge < -0.3 is 14.8 Å². The SMILES string of the molecule is CC(Oc1ccccc1Cl)C(=O)Nc1ccc(OC(F)F)cc1. The summed E-state index contributed by atoms with van der Waals surface area (Å²) in [4.78, 5) is 12.1. The lowest BCUT2D eigenvalue weighted by Crippen LogP contribution is -2.30. The maximum absolute atomic E-state index is 12.1. The molecule has 7 heteroatoms. The Morgan fingerprint density at radius 1 is 1.09 bits per heavy atom. The Hall–Kier alpha value is -2.34. The molecule has 1 unspecified atom stereocenters. The molecule has 122 valence electrons. The molecule has 0 saturated heterocycles. The van der Waals surface area contributed by atoms with Gasteiger partial charge in [0.25, 0.3) is 5.91 Å². The highest BCUT2D eigenvalue weighted by Gasteiger charge is 2.16. The molecule has 1 N–H and O–H groups in total. The molecule has 0 fully saturated rings. The molecular weight excluding hydrogens is 328 g/mol. The molecule has 2 rings (SSSR count). The first-order chi connectivity index (χ1) is 11.0. The van der Waals surface area contributed by atoms with Crippen molar-refractivity contribution in [2.75, 3.05) is 5.32 Å². The van der Waals surface area contributed by atoms with Crippen molar-refractivity contribution in [2.24, 2.45) is 0 Å². The smallest absolute Gasteiger partial charge is 0.387 e. The Balaban J connectivity index is 1.94. The second-order valence-corrected chi connectivity index (χ2v) is 4.99. The lowest BCUT2D eigenvalue weighted by atomic mass is 10.2. The number of hydrogen-bond donors (Lipinski definition) is 1. The number of nitrogens with one attached hydrogen (secondary N) is 1. The van der Waals surface area contributed by atoms with Gasteiger partial charge in [-0.1, -0.05) is 23.7 Å². The minimum atomic E-state index is -2.89. The second-order valence-electron chi connectivity index (χ2n) is 4.58. The highest BCUT2D eigenvalue weighted by molar-refractivity contribution is 6.32. The number of carbonyl (C=O) groups is 1. The van der Waals surface area contributed by atoms with Crippen LogP contribution in [0.2, 0.25) is 5.02 Å². The van der Waals surface area contributed by atoms with Gasteiger partial charge >= 0.3 is 6.61 Å². The van der Waals surface area contributed by atoms with Gasteiger partial charge in [-0.3, -0.25) is 4.79 Å². The zero-order valence-corrected chi connectivity index (χ0v) is 12.9. The Morgan fingerprint density at radius 2 is 1.74 bits per heavy atom. The van der Waals surface area contributed by atoms with Crippen molar-refractivity contribution in [3.63, 3.8) is 0 Å². The zero-order valence-electron chi connectivity index (χ0n) is 12.1. The van der Waals surface area contributed by atoms with E-state index in [1.54, 1.807) is 31.2 Å². The summed E-state index contributed by atoms with van der Waals surface area (Å²) in [5.41, 5.74) is 0.436. The minimum absolute atomic E-state index is 0.0124. The number of benzene rings is 2. The number of ether oxygens (including phenoxy) is 2. The van der Waals surface area contributed by atoms with Crippen LogP contribution in [0.5, 0.6) is 11.5 Å². The molecule has 0 aliphatic rings. The molecule has 0 bridgehead atoms. The van der Waals surface area contributed by atoms with E-state index in [2.05, 4.69) is 10.1 Å². The Labute approximate surface area is 137 Å². The fourth-order valence-electron chi connectivity index (χ4n) is 1.75. The van der Waals surface area contributed by atoms with Crippen molar-refractivity contribution < 1.29 is 23.0 Å². The van der Waals surface area contributed by atoms with E-state index in [9.17, 15) is 13.6 Å². The molecule has 4 nitrogen and oxygen atoms in total. The summed E-state index contributed by atoms with van der Waals surface area (Å²) in [5.74, 6) is 0.0170. The van der Waals surface area contributed by atoms with Gasteiger partial charge in [0.2, 0.25) is 0 Å². The number of rotatable bonds is 6. The van der Waals surface area contributed by atoms with Crippen LogP contribution >= 0.6 is 11.6 Å². The van der Waals surface area contributed by atoms with Gasteiger partial charge in [-0.15, -0.1) is 0 Å². The first kappa shape index (κ1) is 17.0. The van der Waals surface area contributed by atoms with Gasteiger partial charge in [0, 0.05) is 5.69 Å². The summed E-state index contributed by atoms with van der Waals surface area (Å²) < 4.78 is 33.8. The van der Waals surface area contributed by atoms with Crippen molar-refractivity contribution in [3.8, 4) is 11.5 Å². The lowest BCUT2D eigenvalue weighted by Gasteiger charge is -2.15. The molecule has 0 radical (unpaired) electrons. The van der Waals surface area contributed by atoms with Crippen LogP contribution in [0.3, 0.4) is 0 Å². The average Bonchev–Trinajstić information content (AvgIpc) is 2.51. The molecular formula is C16H14ClF2NO3. The maximum Gasteiger partial charge on any atom is 0.387 e. The van der Waals surface area contributed by atoms with Crippen LogP contribution in [0.15, 0.2) is 48.5 Å². The van der Waals surface area contributed by atoms with Gasteiger partial charge in [0.1, 0.15) is 11.5 Å². The van der Waals surface area contributed by atoms with Crippen molar-refractivity contribution >= 4 is 23.2 Å². The van der Waals surface area contributed by atoms with Gasteiger partial charge in [-0.05, 0) is 43.3 Å². The number of alkyl halides is 2. The van der Waals surface area contributed by atoms with Crippen LogP contribution in [0.4, 0.5) is 14.5 Å². The Bertz CT molecular complexity index is 665. The third-order valence-electron chi connectivity index (χ3n) is 2.86. The Kier molecular flexibility index (Phi) is 5.76. The van der Waals surface area contributed by atoms with Crippen LogP contribution in [0, 0.1) is 0 Å². The molecule has 0 heterocycles. The highest BCUT2D eigenvalue weighted by atomic mass is 35.5. The average molecular weight is 342 g/mol. The molecule has 0 spiro atoms. The van der Waals surface area contributed by atoms with Crippen LogP contribution in [0.25, 0.3) is 0 Å². The summed E-state index contributed by atoms with van der Waals surface area (Å²) in [6, 6.07) is 12.4. The highest BCUT2D eigenvalue weighted by Crippen LogP contribution is 2.24. The molecule has 0 aliphatic carbocycles. The quantitative estimate of drug-likeness (QED) is 0.849. The number of carbonyl (C=O) groups excluding carboxylic acids is 1. The summed E-state index contributed by atoms with van der Waals surface area (Å²) in [6.45, 7) is -1.31.